The van der Waals surface area contributed by atoms with Crippen LogP contribution in [0.15, 0.2) is 18.2 Å². The third kappa shape index (κ3) is 2.55. The Kier molecular flexibility index (Phi) is 4.14. The van der Waals surface area contributed by atoms with Gasteiger partial charge >= 0.3 is 0 Å². The number of Topliss-reactive ketones (excluding diaryl/α,β-unsaturated/α-hetero) is 1. The van der Waals surface area contributed by atoms with Crippen molar-refractivity contribution in [3.63, 3.8) is 0 Å². The highest BCUT2D eigenvalue weighted by atomic mass is 19.1. The SMILES string of the molecule is CCC(=O)[C@H]1CCCN(c2ccc(F)c(C#N)c2)C1=O. The monoisotopic (exact) mass is 274 g/mol. The molecule has 1 heterocycles. The highest BCUT2D eigenvalue weighted by Crippen LogP contribution is 2.27. The number of carbonyl (C=O) groups is 2. The standard InChI is InChI=1S/C15H15FN2O2/c1-2-14(19)12-4-3-7-18(15(12)20)11-5-6-13(16)10(8-11)9-17/h5-6,8,12H,2-4,7H2,1H3/t12-/m1/s1. The minimum Gasteiger partial charge on any atom is -0.312 e. The number of rotatable bonds is 3. The first-order valence-electron chi connectivity index (χ1n) is 6.62. The van der Waals surface area contributed by atoms with Crippen molar-refractivity contribution >= 4 is 17.4 Å². The molecule has 1 atom stereocenters. The summed E-state index contributed by atoms with van der Waals surface area (Å²) in [7, 11) is 0. The topological polar surface area (TPSA) is 61.2 Å². The number of hydrogen-bond donors (Lipinski definition) is 0. The molecule has 0 aromatic heterocycles. The van der Waals surface area contributed by atoms with Gasteiger partial charge in [0.1, 0.15) is 17.7 Å². The van der Waals surface area contributed by atoms with Gasteiger partial charge in [0.15, 0.2) is 0 Å². The van der Waals surface area contributed by atoms with E-state index in [-0.39, 0.29) is 17.3 Å². The zero-order valence-corrected chi connectivity index (χ0v) is 11.2. The molecule has 0 bridgehead atoms. The Morgan fingerprint density at radius 2 is 2.30 bits per heavy atom. The predicted octanol–water partition coefficient (Wildman–Crippen LogP) is 2.42. The molecule has 1 saturated heterocycles. The molecule has 20 heavy (non-hydrogen) atoms. The molecule has 0 saturated carbocycles. The lowest BCUT2D eigenvalue weighted by Crippen LogP contribution is -2.44. The third-order valence-corrected chi connectivity index (χ3v) is 3.56. The van der Waals surface area contributed by atoms with Crippen molar-refractivity contribution in [1.82, 2.24) is 0 Å². The number of carbonyl (C=O) groups excluding carboxylic acids is 2. The number of benzene rings is 1. The fourth-order valence-corrected chi connectivity index (χ4v) is 2.44. The Hall–Kier alpha value is -2.22. The van der Waals surface area contributed by atoms with E-state index in [1.807, 2.05) is 0 Å². The number of amides is 1. The number of nitriles is 1. The molecule has 1 aliphatic rings. The van der Waals surface area contributed by atoms with Crippen molar-refractivity contribution in [1.29, 1.82) is 5.26 Å². The van der Waals surface area contributed by atoms with Crippen LogP contribution >= 0.6 is 0 Å². The van der Waals surface area contributed by atoms with Crippen LogP contribution in [-0.2, 0) is 9.59 Å². The summed E-state index contributed by atoms with van der Waals surface area (Å²) < 4.78 is 13.3. The summed E-state index contributed by atoms with van der Waals surface area (Å²) in [6.07, 6.45) is 1.62. The molecule has 104 valence electrons. The number of piperidine rings is 1. The van der Waals surface area contributed by atoms with E-state index in [9.17, 15) is 14.0 Å². The number of ketones is 1. The summed E-state index contributed by atoms with van der Waals surface area (Å²) >= 11 is 0. The Morgan fingerprint density at radius 1 is 1.55 bits per heavy atom. The van der Waals surface area contributed by atoms with E-state index in [1.165, 1.54) is 23.1 Å². The summed E-state index contributed by atoms with van der Waals surface area (Å²) in [6, 6.07) is 5.75. The molecular formula is C15H15FN2O2. The lowest BCUT2D eigenvalue weighted by Gasteiger charge is -2.31. The van der Waals surface area contributed by atoms with Crippen molar-refractivity contribution in [3.8, 4) is 6.07 Å². The van der Waals surface area contributed by atoms with Gasteiger partial charge in [0.25, 0.3) is 0 Å². The maximum absolute atomic E-state index is 13.3. The predicted molar refractivity (Wildman–Crippen MR) is 71.5 cm³/mol. The molecule has 0 aliphatic carbocycles. The maximum atomic E-state index is 13.3. The maximum Gasteiger partial charge on any atom is 0.237 e. The van der Waals surface area contributed by atoms with Gasteiger partial charge in [-0.25, -0.2) is 4.39 Å². The van der Waals surface area contributed by atoms with Crippen LogP contribution in [0.2, 0.25) is 0 Å². The molecule has 0 N–H and O–H groups in total. The molecule has 4 nitrogen and oxygen atoms in total. The van der Waals surface area contributed by atoms with Crippen molar-refractivity contribution in [2.24, 2.45) is 5.92 Å². The van der Waals surface area contributed by atoms with Gasteiger partial charge in [-0.15, -0.1) is 0 Å². The number of halogens is 1. The van der Waals surface area contributed by atoms with Gasteiger partial charge in [-0.05, 0) is 31.0 Å². The Labute approximate surface area is 116 Å². The highest BCUT2D eigenvalue weighted by Gasteiger charge is 2.33. The van der Waals surface area contributed by atoms with E-state index in [1.54, 1.807) is 13.0 Å². The van der Waals surface area contributed by atoms with Gasteiger partial charge in [-0.1, -0.05) is 6.92 Å². The van der Waals surface area contributed by atoms with Crippen molar-refractivity contribution in [3.05, 3.63) is 29.6 Å². The lowest BCUT2D eigenvalue weighted by atomic mass is 9.91. The Balaban J connectivity index is 2.30. The van der Waals surface area contributed by atoms with Crippen molar-refractivity contribution < 1.29 is 14.0 Å². The normalized spacial score (nSPS) is 18.8. The minimum absolute atomic E-state index is 0.0673. The first-order chi connectivity index (χ1) is 9.58. The van der Waals surface area contributed by atoms with Gasteiger partial charge in [0.05, 0.1) is 11.5 Å². The summed E-state index contributed by atoms with van der Waals surface area (Å²) in [4.78, 5) is 25.6. The van der Waals surface area contributed by atoms with E-state index < -0.39 is 11.7 Å². The lowest BCUT2D eigenvalue weighted by molar-refractivity contribution is -0.133. The van der Waals surface area contributed by atoms with Crippen LogP contribution < -0.4 is 4.90 Å². The van der Waals surface area contributed by atoms with Crippen LogP contribution in [0.25, 0.3) is 0 Å². The largest absolute Gasteiger partial charge is 0.312 e. The number of hydrogen-bond acceptors (Lipinski definition) is 3. The van der Waals surface area contributed by atoms with Gasteiger partial charge in [0, 0.05) is 18.7 Å². The van der Waals surface area contributed by atoms with Gasteiger partial charge in [-0.3, -0.25) is 9.59 Å². The zero-order chi connectivity index (χ0) is 14.7. The molecule has 5 heteroatoms. The van der Waals surface area contributed by atoms with Crippen LogP contribution in [0.3, 0.4) is 0 Å². The van der Waals surface area contributed by atoms with E-state index in [0.29, 0.717) is 25.1 Å². The van der Waals surface area contributed by atoms with Crippen LogP contribution in [0.1, 0.15) is 31.7 Å². The Morgan fingerprint density at radius 3 is 2.95 bits per heavy atom. The van der Waals surface area contributed by atoms with Crippen molar-refractivity contribution in [2.45, 2.75) is 26.2 Å². The quantitative estimate of drug-likeness (QED) is 0.795. The van der Waals surface area contributed by atoms with Crippen LogP contribution in [0, 0.1) is 23.1 Å². The molecule has 2 rings (SSSR count). The van der Waals surface area contributed by atoms with E-state index in [4.69, 9.17) is 5.26 Å². The molecule has 0 spiro atoms. The molecule has 0 unspecified atom stereocenters. The average molecular weight is 274 g/mol. The fourth-order valence-electron chi connectivity index (χ4n) is 2.44. The summed E-state index contributed by atoms with van der Waals surface area (Å²) in [5, 5.41) is 8.84. The summed E-state index contributed by atoms with van der Waals surface area (Å²) in [5.41, 5.74) is 0.376. The van der Waals surface area contributed by atoms with Crippen molar-refractivity contribution in [2.75, 3.05) is 11.4 Å². The number of anilines is 1. The second-order valence-corrected chi connectivity index (χ2v) is 4.78. The smallest absolute Gasteiger partial charge is 0.237 e. The van der Waals surface area contributed by atoms with E-state index >= 15 is 0 Å². The molecule has 1 aliphatic heterocycles. The van der Waals surface area contributed by atoms with E-state index in [2.05, 4.69) is 0 Å². The first-order valence-corrected chi connectivity index (χ1v) is 6.62. The molecule has 1 fully saturated rings. The first kappa shape index (κ1) is 14.2. The number of nitrogens with zero attached hydrogens (tertiary/aromatic N) is 2. The third-order valence-electron chi connectivity index (χ3n) is 3.56. The van der Waals surface area contributed by atoms with Gasteiger partial charge in [-0.2, -0.15) is 5.26 Å². The highest BCUT2D eigenvalue weighted by molar-refractivity contribution is 6.08. The van der Waals surface area contributed by atoms with Gasteiger partial charge < -0.3 is 4.90 Å². The molecule has 0 radical (unpaired) electrons. The second kappa shape index (κ2) is 5.83. The zero-order valence-electron chi connectivity index (χ0n) is 11.2. The molecule has 1 amide bonds. The minimum atomic E-state index is -0.609. The second-order valence-electron chi connectivity index (χ2n) is 4.78. The van der Waals surface area contributed by atoms with Gasteiger partial charge in [0.2, 0.25) is 5.91 Å². The molecular weight excluding hydrogens is 259 g/mol. The van der Waals surface area contributed by atoms with E-state index in [0.717, 1.165) is 6.42 Å². The van der Waals surface area contributed by atoms with Crippen LogP contribution in [-0.4, -0.2) is 18.2 Å². The average Bonchev–Trinajstić information content (AvgIpc) is 2.47. The van der Waals surface area contributed by atoms with Crippen LogP contribution in [0.4, 0.5) is 10.1 Å². The van der Waals surface area contributed by atoms with Crippen LogP contribution in [0.5, 0.6) is 0 Å². The Bertz CT molecular complexity index is 592. The summed E-state index contributed by atoms with van der Waals surface area (Å²) in [6.45, 7) is 2.23. The molecule has 1 aromatic rings. The summed E-state index contributed by atoms with van der Waals surface area (Å²) in [5.74, 6) is -1.54. The molecule has 1 aromatic carbocycles. The fraction of sp³-hybridized carbons (Fsp3) is 0.400.